The third-order valence-corrected chi connectivity index (χ3v) is 17.2. The number of piperidine rings is 1. The van der Waals surface area contributed by atoms with Gasteiger partial charge in [-0.2, -0.15) is 0 Å². The van der Waals surface area contributed by atoms with E-state index in [1.54, 1.807) is 27.9 Å². The lowest BCUT2D eigenvalue weighted by molar-refractivity contribution is -0.792. The summed E-state index contributed by atoms with van der Waals surface area (Å²) in [6.45, 7) is 15.4. The minimum atomic E-state index is -2.51. The van der Waals surface area contributed by atoms with Crippen molar-refractivity contribution < 1.29 is 172 Å². The van der Waals surface area contributed by atoms with Gasteiger partial charge in [-0.25, -0.2) is 15.3 Å². The highest BCUT2D eigenvalue weighted by atomic mass is 17.9. The molecular formula is C98H160N2O24. The molecule has 2 saturated heterocycles. The fourth-order valence-electron chi connectivity index (χ4n) is 11.6. The fourth-order valence-corrected chi connectivity index (χ4v) is 11.6. The van der Waals surface area contributed by atoms with E-state index in [0.717, 1.165) is 18.4 Å². The van der Waals surface area contributed by atoms with E-state index < -0.39 is 83.9 Å². The van der Waals surface area contributed by atoms with E-state index in [1.807, 2.05) is 32.1 Å². The molecule has 706 valence electrons. The predicted molar refractivity (Wildman–Crippen MR) is 526 cm³/mol. The van der Waals surface area contributed by atoms with Gasteiger partial charge in [-0.3, -0.25) is 14.4 Å². The standard InChI is InChI=1S/C49H79NO12.C49H4.H3NO12.37H2/c1-29(2)16-12-11-13-17-36-23-30(3)22-31(4)24-42(59-9)45-43(60-10)26-33(6)49(57,62-45)46(54)47(55)50-21-15-14-18-37(50)48(56)61-44(34(7)39(52)28-40(36)53)32(5)25-35-19-20-38(51)41(27-35)58-8;1-3-5-7-9-11-13-15-17-19-21-23-25-27-29-31-33-35-37-39-41-43-45-47-49-48-46-44-42-40-38-36-34-32-30-28-26-24-22-20-18-16-14-12-10-8-6-4-2;2-6-10-12-8-4-1-5-9-13-11-7-3;;;;;;;;;;;;;;;;;;;;;;;;;;;;;;;;;;;;;/h11,13,23,25,29,31,33-39,41-45,51-52,57H,12,14-22,24,26-28H2,1-10H3;1H,2H3;1-3H;37*1H/b13-11+,30-23+,32-25+;;;;;;;;;;;;;;;;;;;;;;;;;;;;;;;;;;;;;;;/t31-,33+,34+,35-,36+,37-,38+,39-,41+,42-,43-,44+,45+,49+;;;;;;;;;;;;;;;;;;;;;;;;;;;;;;;;;;;;;;;/m0......................................./s1. The Morgan fingerprint density at radius 3 is 1.40 bits per heavy atom. The van der Waals surface area contributed by atoms with E-state index >= 15 is 0 Å². The van der Waals surface area contributed by atoms with Crippen LogP contribution in [-0.4, -0.2) is 137 Å². The van der Waals surface area contributed by atoms with Crippen LogP contribution in [0.5, 0.6) is 0 Å². The number of aliphatic hydroxyl groups excluding tert-OH is 2. The van der Waals surface area contributed by atoms with Crippen LogP contribution in [0.25, 0.3) is 0 Å². The third-order valence-electron chi connectivity index (χ3n) is 17.2. The third kappa shape index (κ3) is 47.8. The van der Waals surface area contributed by atoms with E-state index in [2.05, 4.69) is 355 Å². The summed E-state index contributed by atoms with van der Waals surface area (Å²) in [7, 11) is 4.65. The van der Waals surface area contributed by atoms with Crippen molar-refractivity contribution in [2.45, 2.75) is 193 Å². The van der Waals surface area contributed by atoms with Gasteiger partial charge >= 0.3 is 5.97 Å². The number of amides is 1. The van der Waals surface area contributed by atoms with Crippen LogP contribution in [0.15, 0.2) is 35.5 Å². The summed E-state index contributed by atoms with van der Waals surface area (Å²) in [4.78, 5) is 65.8. The first kappa shape index (κ1) is 106. The minimum Gasteiger partial charge on any atom is -0.456 e. The van der Waals surface area contributed by atoms with Crippen LogP contribution in [0, 0.1) is 320 Å². The Labute approximate surface area is 781 Å². The molecule has 3 fully saturated rings. The molecule has 0 aromatic heterocycles. The average Bonchev–Trinajstić information content (AvgIpc) is 0.889. The number of rotatable bonds is 20. The highest BCUT2D eigenvalue weighted by Gasteiger charge is 2.57. The molecule has 2 bridgehead atoms. The lowest BCUT2D eigenvalue weighted by Gasteiger charge is -2.47. The summed E-state index contributed by atoms with van der Waals surface area (Å²) in [5.41, 5.74) is 3.03. The molecule has 6 N–H and O–H groups in total. The molecule has 4 aliphatic rings. The van der Waals surface area contributed by atoms with Crippen molar-refractivity contribution in [3.05, 3.63) is 35.5 Å². The molecule has 124 heavy (non-hydrogen) atoms. The molecule has 4 rings (SSSR count). The summed E-state index contributed by atoms with van der Waals surface area (Å²) < 4.78 is 30.0. The second-order valence-corrected chi connectivity index (χ2v) is 26.3. The van der Waals surface area contributed by atoms with Gasteiger partial charge in [0.15, 0.2) is 0 Å². The topological polar surface area (TPSA) is 323 Å². The maximum Gasteiger partial charge on any atom is 0.329 e. The summed E-state index contributed by atoms with van der Waals surface area (Å²) in [6, 6.07) is -1.14. The van der Waals surface area contributed by atoms with Crippen molar-refractivity contribution in [3.8, 4) is 285 Å². The highest BCUT2D eigenvalue weighted by molar-refractivity contribution is 6.39. The number of nitrogens with one attached hydrogen (secondary N) is 1. The second kappa shape index (κ2) is 68.9. The first-order valence-corrected chi connectivity index (χ1v) is 37.7. The monoisotopic (exact) mass is 1750 g/mol. The molecule has 0 radical (unpaired) electrons. The zero-order valence-corrected chi connectivity index (χ0v) is 69.8. The van der Waals surface area contributed by atoms with Crippen LogP contribution in [-0.2, 0) is 93.1 Å². The molecule has 26 nitrogen and oxygen atoms in total. The number of Topliss-reactive ketones (excluding diaryl/α,β-unsaturated/α-hetero) is 2. The Bertz CT molecular complexity index is 5540. The van der Waals surface area contributed by atoms with Gasteiger partial charge in [-0.05, 0) is 262 Å². The van der Waals surface area contributed by atoms with Crippen LogP contribution in [0.2, 0.25) is 0 Å². The van der Waals surface area contributed by atoms with Crippen molar-refractivity contribution >= 4 is 23.4 Å². The Balaban J connectivity index is -0.0000000429. The smallest absolute Gasteiger partial charge is 0.329 e. The van der Waals surface area contributed by atoms with E-state index in [9.17, 15) is 34.5 Å². The fraction of sp³-hybridized carbons (Fsp3) is 0.408. The van der Waals surface area contributed by atoms with Gasteiger partial charge in [0.2, 0.25) is 5.79 Å². The molecule has 26 heteroatoms. The van der Waals surface area contributed by atoms with Gasteiger partial charge in [-0.15, -0.1) is 6.42 Å². The highest BCUT2D eigenvalue weighted by Crippen LogP contribution is 2.40. The van der Waals surface area contributed by atoms with Crippen LogP contribution in [0.4, 0.5) is 0 Å². The first-order valence-electron chi connectivity index (χ1n) is 37.7. The number of ketones is 2. The Kier molecular flexibility index (Phi) is 59.0. The predicted octanol–water partition coefficient (Wildman–Crippen LogP) is 15.1. The lowest BCUT2D eigenvalue weighted by atomic mass is 9.81. The Hall–Kier alpha value is -13.9. The molecular weight excluding hydrogens is 1590 g/mol. The normalized spacial score (nSPS) is 22.1. The van der Waals surface area contributed by atoms with Gasteiger partial charge in [0.1, 0.15) is 24.0 Å². The molecule has 1 amide bonds. The molecule has 3 heterocycles. The number of methoxy groups -OCH3 is 3. The number of carbonyl (C=O) groups excluding carboxylic acids is 4. The summed E-state index contributed by atoms with van der Waals surface area (Å²) in [5.74, 6) is 110. The SMILES string of the molecule is C#CC#CC#CC#CC#CC#CC#CC#CC#CC#CC#CC#CC#CC#CC#CC#CC#CC#CC#CC#CC#CC#CC#CC#CC.CO[C@H]1C[C@@H](C)C/C(C)=C/[C@@H](C/C=C/CCC(C)C)C(=O)C[C@H](O)[C@@H](C)[C@@H](/C(C)=C/[C@@H]2CC[C@@H](O)[C@H](OC)C2)OC(=O)[C@@H]2CCCCN2C(=O)C(=O)[C@]2(O)O[C@H]1[C@@H](OC)C[C@H]2C.OOOOOONOOOOOO.[HH].[HH].[HH].[HH].[HH].[HH].[HH].[HH].[HH].[HH].[HH].[HH].[HH].[HH].[HH].[HH].[HH].[HH].[HH].[HH].[HH].[HH].[HH].[HH].[HH].[HH].[HH].[HH].[HH].[HH].[HH].[HH].[HH].[HH].[HH].[HH].[HH]. The number of hydrogen-bond acceptors (Lipinski definition) is 25. The number of aliphatic hydroxyl groups is 3. The Morgan fingerprint density at radius 1 is 0.565 bits per heavy atom. The van der Waals surface area contributed by atoms with E-state index in [0.29, 0.717) is 62.9 Å². The number of allylic oxidation sites excluding steroid dienone is 5. The number of hydrogen-bond donors (Lipinski definition) is 6. The van der Waals surface area contributed by atoms with Gasteiger partial charge in [0.25, 0.3) is 11.7 Å². The molecule has 1 saturated carbocycles. The van der Waals surface area contributed by atoms with Crippen molar-refractivity contribution in [1.29, 1.82) is 0 Å². The summed E-state index contributed by atoms with van der Waals surface area (Å²) in [6.07, 6.45) is 14.5. The number of cyclic esters (lactones) is 1. The van der Waals surface area contributed by atoms with Crippen molar-refractivity contribution in [1.82, 2.24) is 10.5 Å². The van der Waals surface area contributed by atoms with Crippen LogP contribution in [0.1, 0.15) is 192 Å². The molecule has 0 spiro atoms. The van der Waals surface area contributed by atoms with Crippen LogP contribution >= 0.6 is 0 Å². The zero-order chi connectivity index (χ0) is 90.9. The molecule has 3 aliphatic heterocycles. The van der Waals surface area contributed by atoms with Crippen molar-refractivity contribution in [2.75, 3.05) is 27.9 Å². The van der Waals surface area contributed by atoms with Gasteiger partial charge in [-0.1, -0.05) is 80.4 Å². The number of nitrogens with zero attached hydrogens (tertiary/aromatic N) is 1. The van der Waals surface area contributed by atoms with Crippen LogP contribution < -0.4 is 5.64 Å². The van der Waals surface area contributed by atoms with E-state index in [4.69, 9.17) is 40.6 Å². The van der Waals surface area contributed by atoms with Crippen LogP contribution in [0.3, 0.4) is 0 Å². The molecule has 0 aromatic rings. The van der Waals surface area contributed by atoms with Crippen molar-refractivity contribution in [3.63, 3.8) is 0 Å². The number of esters is 1. The van der Waals surface area contributed by atoms with E-state index in [1.165, 1.54) is 24.8 Å². The van der Waals surface area contributed by atoms with Crippen molar-refractivity contribution in [2.24, 2.45) is 35.5 Å². The van der Waals surface area contributed by atoms with Gasteiger partial charge in [0.05, 0.1) is 30.5 Å². The first-order chi connectivity index (χ1) is 60.2. The average molecular weight is 1750 g/mol. The molecule has 1 aliphatic carbocycles. The number of carbonyl (C=O) groups is 4. The summed E-state index contributed by atoms with van der Waals surface area (Å²) in [5, 5.41) is 75.3. The molecule has 0 unspecified atom stereocenters. The zero-order valence-electron chi connectivity index (χ0n) is 69.8. The maximum atomic E-state index is 14.4. The molecule has 14 atom stereocenters. The summed E-state index contributed by atoms with van der Waals surface area (Å²) >= 11 is 0. The maximum absolute atomic E-state index is 14.4. The Morgan fingerprint density at radius 2 is 0.992 bits per heavy atom. The number of terminal acetylenes is 1. The second-order valence-electron chi connectivity index (χ2n) is 26.3. The minimum absolute atomic E-state index is 0. The molecule has 0 aromatic carbocycles. The number of fused-ring (bicyclic) bond motifs is 3. The quantitative estimate of drug-likeness (QED) is 0.0125. The largest absolute Gasteiger partial charge is 0.456 e. The number of ether oxygens (including phenoxy) is 5. The lowest BCUT2D eigenvalue weighted by Crippen LogP contribution is -2.64. The van der Waals surface area contributed by atoms with E-state index in [-0.39, 0.29) is 102 Å². The van der Waals surface area contributed by atoms with Gasteiger partial charge in [0, 0.05) is 282 Å². The van der Waals surface area contributed by atoms with Gasteiger partial charge < -0.3 is 43.9 Å².